The lowest BCUT2D eigenvalue weighted by Crippen LogP contribution is -2.14. The molecule has 100 valence electrons. The summed E-state index contributed by atoms with van der Waals surface area (Å²) in [6.45, 7) is 1.68. The fourth-order valence-corrected chi connectivity index (χ4v) is 2.65. The molecule has 0 fully saturated rings. The highest BCUT2D eigenvalue weighted by Crippen LogP contribution is 2.21. The summed E-state index contributed by atoms with van der Waals surface area (Å²) in [7, 11) is -3.81. The summed E-state index contributed by atoms with van der Waals surface area (Å²) in [5, 5.41) is 0. The quantitative estimate of drug-likeness (QED) is 0.900. The average Bonchev–Trinajstić information content (AvgIpc) is 2.33. The lowest BCUT2D eigenvalue weighted by atomic mass is 10.2. The van der Waals surface area contributed by atoms with Gasteiger partial charge in [0.1, 0.15) is 11.6 Å². The van der Waals surface area contributed by atoms with Crippen molar-refractivity contribution in [3.8, 4) is 0 Å². The molecule has 0 aliphatic rings. The van der Waals surface area contributed by atoms with Crippen LogP contribution in [0.25, 0.3) is 0 Å². The Morgan fingerprint density at radius 3 is 2.68 bits per heavy atom. The Hall–Kier alpha value is -2.15. The van der Waals surface area contributed by atoms with Gasteiger partial charge in [-0.15, -0.1) is 0 Å². The normalized spacial score (nSPS) is 11.3. The molecule has 3 N–H and O–H groups in total. The summed E-state index contributed by atoms with van der Waals surface area (Å²) < 4.78 is 39.6. The molecule has 0 atom stereocenters. The van der Waals surface area contributed by atoms with Crippen LogP contribution in [0.2, 0.25) is 0 Å². The lowest BCUT2D eigenvalue weighted by Gasteiger charge is -2.10. The first-order valence-corrected chi connectivity index (χ1v) is 6.87. The second kappa shape index (κ2) is 4.85. The first-order valence-electron chi connectivity index (χ1n) is 5.39. The van der Waals surface area contributed by atoms with Gasteiger partial charge in [-0.25, -0.2) is 17.8 Å². The minimum Gasteiger partial charge on any atom is -0.384 e. The van der Waals surface area contributed by atoms with Crippen LogP contribution < -0.4 is 10.5 Å². The van der Waals surface area contributed by atoms with Crippen molar-refractivity contribution >= 4 is 21.5 Å². The van der Waals surface area contributed by atoms with Gasteiger partial charge in [0.2, 0.25) is 0 Å². The van der Waals surface area contributed by atoms with E-state index in [1.807, 2.05) is 0 Å². The molecule has 1 aromatic carbocycles. The van der Waals surface area contributed by atoms with Gasteiger partial charge in [0, 0.05) is 12.3 Å². The molecule has 5 nitrogen and oxygen atoms in total. The molecule has 0 amide bonds. The first-order chi connectivity index (χ1) is 8.88. The topological polar surface area (TPSA) is 85.1 Å². The number of nitrogen functional groups attached to an aromatic ring is 1. The Morgan fingerprint density at radius 1 is 1.26 bits per heavy atom. The molecule has 19 heavy (non-hydrogen) atoms. The van der Waals surface area contributed by atoms with E-state index in [1.54, 1.807) is 6.92 Å². The van der Waals surface area contributed by atoms with E-state index in [2.05, 4.69) is 9.71 Å². The number of aryl methyl sites for hydroxylation is 1. The van der Waals surface area contributed by atoms with E-state index in [4.69, 9.17) is 5.73 Å². The van der Waals surface area contributed by atoms with Gasteiger partial charge in [-0.3, -0.25) is 4.72 Å². The number of hydrogen-bond acceptors (Lipinski definition) is 4. The molecule has 7 heteroatoms. The van der Waals surface area contributed by atoms with Crippen LogP contribution in [0.3, 0.4) is 0 Å². The zero-order chi connectivity index (χ0) is 14.0. The van der Waals surface area contributed by atoms with Crippen molar-refractivity contribution < 1.29 is 12.8 Å². The zero-order valence-electron chi connectivity index (χ0n) is 10.1. The third kappa shape index (κ3) is 3.00. The second-order valence-corrected chi connectivity index (χ2v) is 5.66. The van der Waals surface area contributed by atoms with E-state index in [1.165, 1.54) is 30.5 Å². The Morgan fingerprint density at radius 2 is 2.00 bits per heavy atom. The van der Waals surface area contributed by atoms with E-state index in [9.17, 15) is 12.8 Å². The van der Waals surface area contributed by atoms with Crippen molar-refractivity contribution in [1.82, 2.24) is 4.98 Å². The number of sulfonamides is 1. The number of nitrogens with two attached hydrogens (primary N) is 1. The molecule has 2 aromatic rings. The molecular weight excluding hydrogens is 269 g/mol. The number of pyridine rings is 1. The van der Waals surface area contributed by atoms with Gasteiger partial charge in [0.15, 0.2) is 0 Å². The summed E-state index contributed by atoms with van der Waals surface area (Å²) in [5.74, 6) is -0.420. The average molecular weight is 281 g/mol. The van der Waals surface area contributed by atoms with Crippen molar-refractivity contribution in [2.75, 3.05) is 10.5 Å². The Kier molecular flexibility index (Phi) is 3.39. The monoisotopic (exact) mass is 281 g/mol. The summed E-state index contributed by atoms with van der Waals surface area (Å²) in [4.78, 5) is 3.69. The summed E-state index contributed by atoms with van der Waals surface area (Å²) in [5.41, 5.74) is 6.25. The van der Waals surface area contributed by atoms with Crippen molar-refractivity contribution in [2.45, 2.75) is 11.8 Å². The Labute approximate surface area is 110 Å². The molecule has 0 aliphatic heterocycles. The minimum absolute atomic E-state index is 0.0244. The van der Waals surface area contributed by atoms with Gasteiger partial charge in [-0.2, -0.15) is 0 Å². The molecule has 0 saturated carbocycles. The smallest absolute Gasteiger partial charge is 0.262 e. The largest absolute Gasteiger partial charge is 0.384 e. The van der Waals surface area contributed by atoms with Crippen LogP contribution in [0.4, 0.5) is 15.9 Å². The third-order valence-corrected chi connectivity index (χ3v) is 3.87. The van der Waals surface area contributed by atoms with Gasteiger partial charge in [0.25, 0.3) is 10.0 Å². The molecule has 1 heterocycles. The molecule has 1 aromatic heterocycles. The predicted molar refractivity (Wildman–Crippen MR) is 70.6 cm³/mol. The third-order valence-electron chi connectivity index (χ3n) is 2.51. The second-order valence-electron chi connectivity index (χ2n) is 3.98. The maximum Gasteiger partial charge on any atom is 0.262 e. The van der Waals surface area contributed by atoms with E-state index < -0.39 is 15.8 Å². The van der Waals surface area contributed by atoms with Gasteiger partial charge in [0.05, 0.1) is 10.6 Å². The number of halogens is 1. The highest BCUT2D eigenvalue weighted by atomic mass is 32.2. The molecule has 0 saturated heterocycles. The molecule has 0 spiro atoms. The summed E-state index contributed by atoms with van der Waals surface area (Å²) in [6.07, 6.45) is 1.29. The van der Waals surface area contributed by atoms with Gasteiger partial charge < -0.3 is 5.73 Å². The van der Waals surface area contributed by atoms with Gasteiger partial charge >= 0.3 is 0 Å². The number of rotatable bonds is 3. The highest BCUT2D eigenvalue weighted by Gasteiger charge is 2.16. The predicted octanol–water partition coefficient (Wildman–Crippen LogP) is 1.91. The number of anilines is 2. The fraction of sp³-hybridized carbons (Fsp3) is 0.0833. The van der Waals surface area contributed by atoms with Crippen molar-refractivity contribution in [1.29, 1.82) is 0 Å². The zero-order valence-corrected chi connectivity index (χ0v) is 10.9. The van der Waals surface area contributed by atoms with E-state index in [-0.39, 0.29) is 16.4 Å². The molecule has 0 aliphatic carbocycles. The fourth-order valence-electron chi connectivity index (χ4n) is 1.50. The van der Waals surface area contributed by atoms with Crippen LogP contribution in [0.15, 0.2) is 41.4 Å². The molecule has 0 bridgehead atoms. The van der Waals surface area contributed by atoms with E-state index in [0.29, 0.717) is 5.56 Å². The molecular formula is C12H12FN3O2S. The SMILES string of the molecule is Cc1ccc(F)cc1NS(=O)(=O)c1ccnc(N)c1. The first kappa shape index (κ1) is 13.3. The molecule has 2 rings (SSSR count). The highest BCUT2D eigenvalue weighted by molar-refractivity contribution is 7.92. The number of nitrogens with one attached hydrogen (secondary N) is 1. The number of benzene rings is 1. The van der Waals surface area contributed by atoms with Crippen LogP contribution in [0, 0.1) is 12.7 Å². The number of nitrogens with zero attached hydrogens (tertiary/aromatic N) is 1. The van der Waals surface area contributed by atoms with Crippen LogP contribution in [-0.2, 0) is 10.0 Å². The van der Waals surface area contributed by atoms with Crippen molar-refractivity contribution in [2.24, 2.45) is 0 Å². The van der Waals surface area contributed by atoms with Gasteiger partial charge in [-0.05, 0) is 30.7 Å². The maximum absolute atomic E-state index is 13.1. The Balaban J connectivity index is 2.39. The molecule has 0 unspecified atom stereocenters. The maximum atomic E-state index is 13.1. The summed E-state index contributed by atoms with van der Waals surface area (Å²) in [6, 6.07) is 6.42. The number of hydrogen-bond donors (Lipinski definition) is 2. The van der Waals surface area contributed by atoms with Crippen molar-refractivity contribution in [3.63, 3.8) is 0 Å². The number of aromatic nitrogens is 1. The van der Waals surface area contributed by atoms with Gasteiger partial charge in [-0.1, -0.05) is 6.07 Å². The van der Waals surface area contributed by atoms with Crippen molar-refractivity contribution in [3.05, 3.63) is 47.9 Å². The van der Waals surface area contributed by atoms with E-state index in [0.717, 1.165) is 6.07 Å². The molecule has 0 radical (unpaired) electrons. The van der Waals surface area contributed by atoms with Crippen LogP contribution in [0.1, 0.15) is 5.56 Å². The van der Waals surface area contributed by atoms with Crippen LogP contribution >= 0.6 is 0 Å². The lowest BCUT2D eigenvalue weighted by molar-refractivity contribution is 0.601. The van der Waals surface area contributed by atoms with Crippen LogP contribution in [-0.4, -0.2) is 13.4 Å². The van der Waals surface area contributed by atoms with Crippen LogP contribution in [0.5, 0.6) is 0 Å². The Bertz CT molecular complexity index is 717. The summed E-state index contributed by atoms with van der Waals surface area (Å²) >= 11 is 0. The minimum atomic E-state index is -3.81. The standard InChI is InChI=1S/C12H12FN3O2S/c1-8-2-3-9(13)6-11(8)16-19(17,18)10-4-5-15-12(14)7-10/h2-7,16H,1H3,(H2,14,15). The van der Waals surface area contributed by atoms with E-state index >= 15 is 0 Å².